The van der Waals surface area contributed by atoms with Gasteiger partial charge in [0.1, 0.15) is 5.82 Å². The van der Waals surface area contributed by atoms with Gasteiger partial charge in [0.15, 0.2) is 0 Å². The largest absolute Gasteiger partial charge is 0.262 e. The lowest BCUT2D eigenvalue weighted by atomic mass is 9.99. The average molecular weight is 213 g/mol. The first-order valence-electron chi connectivity index (χ1n) is 5.32. The highest BCUT2D eigenvalue weighted by Crippen LogP contribution is 2.13. The minimum Gasteiger partial charge on any atom is -0.262 e. The number of hydrogen-bond acceptors (Lipinski definition) is 3. The van der Waals surface area contributed by atoms with Crippen molar-refractivity contribution in [2.75, 3.05) is 0 Å². The highest BCUT2D eigenvalue weighted by atomic mass is 32.1. The lowest BCUT2D eigenvalue weighted by Gasteiger charge is -2.07. The zero-order valence-electron chi connectivity index (χ0n) is 8.95. The fourth-order valence-corrected chi connectivity index (χ4v) is 1.82. The van der Waals surface area contributed by atoms with Crippen molar-refractivity contribution in [2.24, 2.45) is 5.92 Å². The van der Waals surface area contributed by atoms with Crippen LogP contribution >= 0.6 is 12.6 Å². The number of hydrogen-bond donors (Lipinski definition) is 2. The van der Waals surface area contributed by atoms with Crippen LogP contribution in [0.5, 0.6) is 0 Å². The third kappa shape index (κ3) is 4.13. The molecule has 0 bridgehead atoms. The molecule has 1 rings (SSSR count). The lowest BCUT2D eigenvalue weighted by Crippen LogP contribution is -1.96. The lowest BCUT2D eigenvalue weighted by molar-refractivity contribution is 0.467. The minimum absolute atomic E-state index is 0.543. The van der Waals surface area contributed by atoms with E-state index < -0.39 is 0 Å². The van der Waals surface area contributed by atoms with Gasteiger partial charge in [0, 0.05) is 6.42 Å². The number of thiol groups is 1. The molecule has 0 saturated carbocycles. The van der Waals surface area contributed by atoms with Crippen molar-refractivity contribution in [3.05, 3.63) is 5.82 Å². The van der Waals surface area contributed by atoms with E-state index in [4.69, 9.17) is 0 Å². The number of nitrogens with one attached hydrogen (secondary N) is 1. The van der Waals surface area contributed by atoms with Crippen molar-refractivity contribution >= 4 is 12.6 Å². The summed E-state index contributed by atoms with van der Waals surface area (Å²) in [7, 11) is 0. The Labute approximate surface area is 91.1 Å². The second-order valence-electron chi connectivity index (χ2n) is 3.87. The number of nitrogens with zero attached hydrogens (tertiary/aromatic N) is 2. The number of aryl methyl sites for hydroxylation is 1. The molecule has 0 radical (unpaired) electrons. The molecule has 0 aliphatic rings. The summed E-state index contributed by atoms with van der Waals surface area (Å²) in [6.07, 6.45) is 6.06. The number of rotatable bonds is 6. The maximum absolute atomic E-state index is 4.15. The van der Waals surface area contributed by atoms with Crippen molar-refractivity contribution in [1.29, 1.82) is 0 Å². The van der Waals surface area contributed by atoms with Crippen LogP contribution in [0, 0.1) is 5.92 Å². The Hall–Kier alpha value is -0.510. The molecular weight excluding hydrogens is 194 g/mol. The maximum atomic E-state index is 4.15. The first-order chi connectivity index (χ1) is 6.72. The van der Waals surface area contributed by atoms with Crippen LogP contribution in [0.15, 0.2) is 5.16 Å². The standard InChI is InChI=1S/C10H19N3S/c1-3-5-8(2)6-4-7-9-11-10(14)13-12-9/h8H,3-7H2,1-2H3,(H2,11,12,13,14). The normalized spacial score (nSPS) is 13.1. The van der Waals surface area contributed by atoms with Crippen LogP contribution in [0.1, 0.15) is 45.4 Å². The molecular formula is C10H19N3S. The summed E-state index contributed by atoms with van der Waals surface area (Å²) in [5, 5.41) is 7.30. The molecule has 0 aliphatic carbocycles. The first kappa shape index (κ1) is 11.6. The van der Waals surface area contributed by atoms with Crippen molar-refractivity contribution in [2.45, 2.75) is 51.1 Å². The first-order valence-corrected chi connectivity index (χ1v) is 5.77. The van der Waals surface area contributed by atoms with Crippen LogP contribution in [-0.4, -0.2) is 15.2 Å². The van der Waals surface area contributed by atoms with Crippen molar-refractivity contribution in [1.82, 2.24) is 15.2 Å². The van der Waals surface area contributed by atoms with E-state index in [9.17, 15) is 0 Å². The summed E-state index contributed by atoms with van der Waals surface area (Å²) >= 11 is 4.05. The van der Waals surface area contributed by atoms with Gasteiger partial charge in [-0.15, -0.1) is 17.7 Å². The topological polar surface area (TPSA) is 41.6 Å². The summed E-state index contributed by atoms with van der Waals surface area (Å²) in [5.74, 6) is 1.79. The Balaban J connectivity index is 2.15. The SMILES string of the molecule is CCCC(C)CCCc1nc(S)n[nH]1. The second kappa shape index (κ2) is 6.06. The van der Waals surface area contributed by atoms with Gasteiger partial charge in [0.2, 0.25) is 5.16 Å². The fourth-order valence-electron chi connectivity index (χ4n) is 1.65. The van der Waals surface area contributed by atoms with Gasteiger partial charge in [0.05, 0.1) is 0 Å². The van der Waals surface area contributed by atoms with Crippen LogP contribution in [0.25, 0.3) is 0 Å². The summed E-state index contributed by atoms with van der Waals surface area (Å²) in [5.41, 5.74) is 0. The molecule has 1 heterocycles. The quantitative estimate of drug-likeness (QED) is 0.713. The molecule has 0 aliphatic heterocycles. The van der Waals surface area contributed by atoms with E-state index in [-0.39, 0.29) is 0 Å². The highest BCUT2D eigenvalue weighted by molar-refractivity contribution is 7.80. The van der Waals surface area contributed by atoms with Crippen molar-refractivity contribution in [3.63, 3.8) is 0 Å². The van der Waals surface area contributed by atoms with Gasteiger partial charge in [-0.05, 0) is 12.3 Å². The van der Waals surface area contributed by atoms with E-state index in [2.05, 4.69) is 41.7 Å². The molecule has 80 valence electrons. The molecule has 1 atom stereocenters. The molecule has 0 fully saturated rings. The minimum atomic E-state index is 0.543. The summed E-state index contributed by atoms with van der Waals surface area (Å²) in [6, 6.07) is 0. The van der Waals surface area contributed by atoms with Crippen LogP contribution in [-0.2, 0) is 6.42 Å². The number of aromatic amines is 1. The molecule has 0 amide bonds. The van der Waals surface area contributed by atoms with Gasteiger partial charge in [-0.1, -0.05) is 33.1 Å². The second-order valence-corrected chi connectivity index (χ2v) is 4.27. The summed E-state index contributed by atoms with van der Waals surface area (Å²) in [4.78, 5) is 4.15. The van der Waals surface area contributed by atoms with Crippen molar-refractivity contribution in [3.8, 4) is 0 Å². The van der Waals surface area contributed by atoms with Gasteiger partial charge in [-0.25, -0.2) is 4.98 Å². The predicted octanol–water partition coefficient (Wildman–Crippen LogP) is 2.85. The summed E-state index contributed by atoms with van der Waals surface area (Å²) < 4.78 is 0. The van der Waals surface area contributed by atoms with E-state index in [0.717, 1.165) is 18.2 Å². The Morgan fingerprint density at radius 1 is 1.43 bits per heavy atom. The number of H-pyrrole nitrogens is 1. The zero-order valence-corrected chi connectivity index (χ0v) is 9.85. The fraction of sp³-hybridized carbons (Fsp3) is 0.800. The monoisotopic (exact) mass is 213 g/mol. The van der Waals surface area contributed by atoms with Gasteiger partial charge in [-0.2, -0.15) is 0 Å². The molecule has 1 N–H and O–H groups in total. The highest BCUT2D eigenvalue weighted by Gasteiger charge is 2.03. The van der Waals surface area contributed by atoms with Crippen molar-refractivity contribution < 1.29 is 0 Å². The van der Waals surface area contributed by atoms with Crippen LogP contribution < -0.4 is 0 Å². The van der Waals surface area contributed by atoms with Crippen LogP contribution in [0.3, 0.4) is 0 Å². The van der Waals surface area contributed by atoms with E-state index in [1.807, 2.05) is 0 Å². The van der Waals surface area contributed by atoms with E-state index in [1.54, 1.807) is 0 Å². The smallest absolute Gasteiger partial charge is 0.205 e. The van der Waals surface area contributed by atoms with E-state index in [1.165, 1.54) is 25.7 Å². The molecule has 1 aromatic rings. The molecule has 0 spiro atoms. The predicted molar refractivity (Wildman–Crippen MR) is 60.6 cm³/mol. The Morgan fingerprint density at radius 2 is 2.21 bits per heavy atom. The van der Waals surface area contributed by atoms with Gasteiger partial charge < -0.3 is 0 Å². The third-order valence-electron chi connectivity index (χ3n) is 2.41. The third-order valence-corrected chi connectivity index (χ3v) is 2.61. The Bertz CT molecular complexity index is 260. The average Bonchev–Trinajstić information content (AvgIpc) is 2.52. The van der Waals surface area contributed by atoms with E-state index in [0.29, 0.717) is 5.16 Å². The zero-order chi connectivity index (χ0) is 10.4. The molecule has 4 heteroatoms. The van der Waals surface area contributed by atoms with Gasteiger partial charge >= 0.3 is 0 Å². The van der Waals surface area contributed by atoms with Crippen LogP contribution in [0.2, 0.25) is 0 Å². The molecule has 1 unspecified atom stereocenters. The molecule has 1 aromatic heterocycles. The number of aromatic nitrogens is 3. The Kier molecular flexibility index (Phi) is 5.01. The molecule has 3 nitrogen and oxygen atoms in total. The Morgan fingerprint density at radius 3 is 2.79 bits per heavy atom. The van der Waals surface area contributed by atoms with Gasteiger partial charge in [-0.3, -0.25) is 5.10 Å². The summed E-state index contributed by atoms with van der Waals surface area (Å²) in [6.45, 7) is 4.55. The van der Waals surface area contributed by atoms with Crippen LogP contribution in [0.4, 0.5) is 0 Å². The maximum Gasteiger partial charge on any atom is 0.205 e. The molecule has 0 aromatic carbocycles. The van der Waals surface area contributed by atoms with E-state index >= 15 is 0 Å². The molecule has 0 saturated heterocycles. The van der Waals surface area contributed by atoms with Gasteiger partial charge in [0.25, 0.3) is 0 Å². The molecule has 14 heavy (non-hydrogen) atoms.